The number of benzene rings is 1. The van der Waals surface area contributed by atoms with Crippen LogP contribution in [0.15, 0.2) is 24.8 Å². The molecule has 1 aromatic carbocycles. The minimum atomic E-state index is -0.621. The second kappa shape index (κ2) is 6.40. The Balaban J connectivity index is 2.05. The maximum Gasteiger partial charge on any atom is 0.221 e. The summed E-state index contributed by atoms with van der Waals surface area (Å²) in [4.78, 5) is 12.1. The molecule has 0 saturated heterocycles. The topological polar surface area (TPSA) is 52.9 Å². The lowest BCUT2D eigenvalue weighted by molar-refractivity contribution is -0.122. The molecule has 1 radical (unpaired) electrons. The molecular formula is C18H22BN2O. The zero-order valence-corrected chi connectivity index (χ0v) is 13.6. The highest BCUT2D eigenvalue weighted by atomic mass is 16.1. The number of amides is 1. The summed E-state index contributed by atoms with van der Waals surface area (Å²) in [5, 5.41) is 12.0. The maximum atomic E-state index is 12.1. The van der Waals surface area contributed by atoms with Gasteiger partial charge in [0.1, 0.15) is 7.28 Å². The van der Waals surface area contributed by atoms with E-state index in [0.717, 1.165) is 18.3 Å². The fourth-order valence-corrected chi connectivity index (χ4v) is 2.86. The molecule has 0 fully saturated rings. The molecule has 4 heteroatoms. The van der Waals surface area contributed by atoms with E-state index in [1.807, 2.05) is 13.0 Å². The van der Waals surface area contributed by atoms with Crippen molar-refractivity contribution in [1.82, 2.24) is 5.32 Å². The number of nitrogens with zero attached hydrogens (tertiary/aromatic N) is 1. The molecular weight excluding hydrogens is 271 g/mol. The zero-order chi connectivity index (χ0) is 16.3. The fourth-order valence-electron chi connectivity index (χ4n) is 2.86. The number of nitriles is 1. The first kappa shape index (κ1) is 16.4. The van der Waals surface area contributed by atoms with Gasteiger partial charge >= 0.3 is 0 Å². The molecule has 1 aromatic rings. The number of carbonyl (C=O) groups excluding carboxylic acids is 1. The van der Waals surface area contributed by atoms with E-state index in [0.29, 0.717) is 0 Å². The summed E-state index contributed by atoms with van der Waals surface area (Å²) >= 11 is 0. The Morgan fingerprint density at radius 1 is 1.55 bits per heavy atom. The van der Waals surface area contributed by atoms with Crippen molar-refractivity contribution in [2.45, 2.75) is 45.9 Å². The van der Waals surface area contributed by atoms with Gasteiger partial charge in [0.25, 0.3) is 0 Å². The third-order valence-electron chi connectivity index (χ3n) is 4.03. The molecule has 1 amide bonds. The quantitative estimate of drug-likeness (QED) is 0.868. The normalized spacial score (nSPS) is 16.9. The van der Waals surface area contributed by atoms with Crippen LogP contribution >= 0.6 is 0 Å². The van der Waals surface area contributed by atoms with E-state index < -0.39 is 5.41 Å². The zero-order valence-electron chi connectivity index (χ0n) is 13.6. The highest BCUT2D eigenvalue weighted by Gasteiger charge is 2.26. The average Bonchev–Trinajstić information content (AvgIpc) is 2.45. The number of hydrogen-bond donors (Lipinski definition) is 1. The van der Waals surface area contributed by atoms with E-state index in [1.165, 1.54) is 16.7 Å². The Kier molecular flexibility index (Phi) is 4.76. The third kappa shape index (κ3) is 3.79. The highest BCUT2D eigenvalue weighted by molar-refractivity contribution is 6.38. The second-order valence-electron chi connectivity index (χ2n) is 6.71. The number of hydrogen-bond acceptors (Lipinski definition) is 2. The number of carbonyl (C=O) groups is 1. The maximum absolute atomic E-state index is 12.1. The number of allylic oxidation sites excluding steroid dienone is 1. The van der Waals surface area contributed by atoms with Crippen LogP contribution in [0.25, 0.3) is 5.57 Å². The van der Waals surface area contributed by atoms with Gasteiger partial charge in [-0.2, -0.15) is 5.26 Å². The molecule has 1 atom stereocenters. The lowest BCUT2D eigenvalue weighted by Gasteiger charge is -2.27. The van der Waals surface area contributed by atoms with Gasteiger partial charge in [-0.1, -0.05) is 36.7 Å². The summed E-state index contributed by atoms with van der Waals surface area (Å²) in [6, 6.07) is 8.43. The van der Waals surface area contributed by atoms with Crippen molar-refractivity contribution in [3.63, 3.8) is 0 Å². The molecule has 1 unspecified atom stereocenters. The van der Waals surface area contributed by atoms with Gasteiger partial charge in [0.2, 0.25) is 5.91 Å². The molecule has 0 bridgehead atoms. The molecule has 0 aliphatic carbocycles. The van der Waals surface area contributed by atoms with Crippen molar-refractivity contribution in [2.75, 3.05) is 0 Å². The van der Waals surface area contributed by atoms with Crippen LogP contribution in [0.5, 0.6) is 0 Å². The molecule has 1 N–H and O–H groups in total. The van der Waals surface area contributed by atoms with E-state index >= 15 is 0 Å². The highest BCUT2D eigenvalue weighted by Crippen LogP contribution is 2.26. The Morgan fingerprint density at radius 2 is 2.27 bits per heavy atom. The van der Waals surface area contributed by atoms with Gasteiger partial charge in [-0.25, -0.2) is 0 Å². The fraction of sp³-hybridized carbons (Fsp3) is 0.444. The monoisotopic (exact) mass is 293 g/mol. The van der Waals surface area contributed by atoms with E-state index in [4.69, 9.17) is 5.26 Å². The minimum Gasteiger partial charge on any atom is -0.361 e. The first-order chi connectivity index (χ1) is 10.3. The number of fused-ring (bicyclic) bond motifs is 1. The Morgan fingerprint density at radius 3 is 2.91 bits per heavy atom. The van der Waals surface area contributed by atoms with Crippen molar-refractivity contribution in [1.29, 1.82) is 5.26 Å². The molecule has 0 spiro atoms. The largest absolute Gasteiger partial charge is 0.361 e. The molecule has 3 nitrogen and oxygen atoms in total. The van der Waals surface area contributed by atoms with E-state index in [1.54, 1.807) is 13.8 Å². The Hall–Kier alpha value is -2.02. The minimum absolute atomic E-state index is 0.0369. The van der Waals surface area contributed by atoms with Crippen LogP contribution in [-0.4, -0.2) is 19.1 Å². The van der Waals surface area contributed by atoms with Crippen molar-refractivity contribution in [3.8, 4) is 6.07 Å². The van der Waals surface area contributed by atoms with Crippen LogP contribution < -0.4 is 5.32 Å². The van der Waals surface area contributed by atoms with Crippen LogP contribution in [0, 0.1) is 16.7 Å². The standard InChI is InChI=1S/C18H22BN2O/c1-12(2)14-7-5-6-13-8-16(19-10-15(13)14)21-17(22)9-18(3,4)11-20/h5-7,16H,1,8-10H2,2-4H3,(H,21,22). The SMILES string of the molecule is C=C(C)c1cccc2c1C[B]C(NC(=O)CC(C)(C)C#N)C2. The molecule has 1 aliphatic heterocycles. The van der Waals surface area contributed by atoms with Gasteiger partial charge in [0.15, 0.2) is 0 Å². The summed E-state index contributed by atoms with van der Waals surface area (Å²) in [6.07, 6.45) is 1.87. The number of nitrogens with one attached hydrogen (secondary N) is 1. The molecule has 1 heterocycles. The van der Waals surface area contributed by atoms with Crippen LogP contribution in [0.3, 0.4) is 0 Å². The van der Waals surface area contributed by atoms with Crippen molar-refractivity contribution < 1.29 is 4.79 Å². The van der Waals surface area contributed by atoms with Gasteiger partial charge in [0.05, 0.1) is 11.5 Å². The van der Waals surface area contributed by atoms with Crippen molar-refractivity contribution >= 4 is 18.8 Å². The Labute approximate surface area is 133 Å². The first-order valence-electron chi connectivity index (χ1n) is 7.63. The lowest BCUT2D eigenvalue weighted by atomic mass is 9.57. The van der Waals surface area contributed by atoms with Crippen LogP contribution in [0.1, 0.15) is 43.9 Å². The van der Waals surface area contributed by atoms with Crippen LogP contribution in [0.2, 0.25) is 0 Å². The second-order valence-corrected chi connectivity index (χ2v) is 6.71. The molecule has 113 valence electrons. The van der Waals surface area contributed by atoms with E-state index in [-0.39, 0.29) is 18.3 Å². The van der Waals surface area contributed by atoms with E-state index in [9.17, 15) is 4.79 Å². The molecule has 0 saturated carbocycles. The van der Waals surface area contributed by atoms with Crippen molar-refractivity contribution in [3.05, 3.63) is 41.5 Å². The summed E-state index contributed by atoms with van der Waals surface area (Å²) in [5.74, 6) is -0.0258. The summed E-state index contributed by atoms with van der Waals surface area (Å²) in [5.41, 5.74) is 4.25. The number of rotatable bonds is 4. The summed E-state index contributed by atoms with van der Waals surface area (Å²) < 4.78 is 0. The van der Waals surface area contributed by atoms with Gasteiger partial charge in [-0.05, 0) is 43.9 Å². The van der Waals surface area contributed by atoms with Crippen molar-refractivity contribution in [2.24, 2.45) is 5.41 Å². The first-order valence-corrected chi connectivity index (χ1v) is 7.63. The third-order valence-corrected chi connectivity index (χ3v) is 4.03. The van der Waals surface area contributed by atoms with Gasteiger partial charge in [-0.15, -0.1) is 0 Å². The van der Waals surface area contributed by atoms with Gasteiger partial charge in [0, 0.05) is 12.4 Å². The average molecular weight is 293 g/mol. The summed E-state index contributed by atoms with van der Waals surface area (Å²) in [7, 11) is 2.14. The Bertz CT molecular complexity index is 643. The molecule has 0 aromatic heterocycles. The van der Waals surface area contributed by atoms with Gasteiger partial charge < -0.3 is 5.32 Å². The molecule has 1 aliphatic rings. The van der Waals surface area contributed by atoms with E-state index in [2.05, 4.69) is 37.4 Å². The smallest absolute Gasteiger partial charge is 0.221 e. The lowest BCUT2D eigenvalue weighted by Crippen LogP contribution is -2.45. The predicted octanol–water partition coefficient (Wildman–Crippen LogP) is 2.86. The predicted molar refractivity (Wildman–Crippen MR) is 90.3 cm³/mol. The molecule has 2 rings (SSSR count). The van der Waals surface area contributed by atoms with Gasteiger partial charge in [-0.3, -0.25) is 4.79 Å². The van der Waals surface area contributed by atoms with Crippen LogP contribution in [0.4, 0.5) is 0 Å². The van der Waals surface area contributed by atoms with Crippen LogP contribution in [-0.2, 0) is 17.5 Å². The summed E-state index contributed by atoms with van der Waals surface area (Å²) in [6.45, 7) is 9.62. The molecule has 22 heavy (non-hydrogen) atoms.